The first kappa shape index (κ1) is 25.5. The summed E-state index contributed by atoms with van der Waals surface area (Å²) >= 11 is 1.66. The molecular formula is C29H30N2O4S. The second-order valence-electron chi connectivity index (χ2n) is 9.42. The smallest absolute Gasteiger partial charge is 0.295 e. The standard InChI is InChI=1S/C29H30N2O4S/c1-6-30(5)28(34)23-10-8-7-9-22(23)25-24(26(32)17(2)3)27(33)29(35)31(25)21-13-11-19(12-14-21)20-15-18(4)36-16-20/h7-17,24-25H,6H2,1-5H3. The maximum atomic E-state index is 13.4. The highest BCUT2D eigenvalue weighted by atomic mass is 32.1. The largest absolute Gasteiger partial charge is 0.342 e. The SMILES string of the molecule is CCN(C)C(=O)c1ccccc1C1C(C(=O)C(C)C)C(=O)C(=O)N1c1ccc(-c2csc(C)c2)cc1. The fraction of sp³-hybridized carbons (Fsp3) is 0.310. The average Bonchev–Trinajstić information content (AvgIpc) is 3.43. The maximum Gasteiger partial charge on any atom is 0.295 e. The number of nitrogens with zero attached hydrogens (tertiary/aromatic N) is 2. The number of benzene rings is 2. The molecular weight excluding hydrogens is 472 g/mol. The van der Waals surface area contributed by atoms with Gasteiger partial charge in [-0.15, -0.1) is 11.3 Å². The zero-order valence-corrected chi connectivity index (χ0v) is 22.0. The van der Waals surface area contributed by atoms with E-state index in [9.17, 15) is 19.2 Å². The lowest BCUT2D eigenvalue weighted by Gasteiger charge is -2.30. The Labute approximate surface area is 215 Å². The molecule has 6 nitrogen and oxygen atoms in total. The highest BCUT2D eigenvalue weighted by Crippen LogP contribution is 2.43. The van der Waals surface area contributed by atoms with E-state index in [1.165, 1.54) is 9.78 Å². The van der Waals surface area contributed by atoms with Gasteiger partial charge in [-0.2, -0.15) is 0 Å². The Bertz CT molecular complexity index is 1330. The fourth-order valence-electron chi connectivity index (χ4n) is 4.62. The average molecular weight is 503 g/mol. The lowest BCUT2D eigenvalue weighted by molar-refractivity contribution is -0.139. The Morgan fingerprint density at radius 3 is 2.28 bits per heavy atom. The predicted molar refractivity (Wildman–Crippen MR) is 142 cm³/mol. The Balaban J connectivity index is 1.85. The molecule has 0 bridgehead atoms. The molecule has 3 aromatic rings. The maximum absolute atomic E-state index is 13.4. The summed E-state index contributed by atoms with van der Waals surface area (Å²) in [6.07, 6.45) is 0. The van der Waals surface area contributed by atoms with Crippen molar-refractivity contribution in [3.63, 3.8) is 0 Å². The molecule has 2 atom stereocenters. The first-order valence-electron chi connectivity index (χ1n) is 12.1. The third-order valence-corrected chi connectivity index (χ3v) is 7.58. The number of ketones is 2. The van der Waals surface area contributed by atoms with Crippen LogP contribution >= 0.6 is 11.3 Å². The monoisotopic (exact) mass is 502 g/mol. The molecule has 1 aliphatic rings. The number of carbonyl (C=O) groups excluding carboxylic acids is 4. The summed E-state index contributed by atoms with van der Waals surface area (Å²) in [7, 11) is 1.70. The lowest BCUT2D eigenvalue weighted by atomic mass is 9.83. The van der Waals surface area contributed by atoms with Crippen LogP contribution in [0.25, 0.3) is 11.1 Å². The van der Waals surface area contributed by atoms with Gasteiger partial charge in [0, 0.05) is 35.6 Å². The second kappa shape index (κ2) is 10.2. The minimum Gasteiger partial charge on any atom is -0.342 e. The van der Waals surface area contributed by atoms with Crippen LogP contribution < -0.4 is 4.90 Å². The number of amides is 2. The number of hydrogen-bond donors (Lipinski definition) is 0. The van der Waals surface area contributed by atoms with Gasteiger partial charge in [-0.05, 0) is 60.2 Å². The van der Waals surface area contributed by atoms with Crippen LogP contribution in [0.2, 0.25) is 0 Å². The predicted octanol–water partition coefficient (Wildman–Crippen LogP) is 5.31. The van der Waals surface area contributed by atoms with Crippen LogP contribution in [0.1, 0.15) is 47.6 Å². The van der Waals surface area contributed by atoms with Crippen LogP contribution in [0.15, 0.2) is 60.0 Å². The zero-order chi connectivity index (χ0) is 26.1. The summed E-state index contributed by atoms with van der Waals surface area (Å²) < 4.78 is 0. The Morgan fingerprint density at radius 2 is 1.69 bits per heavy atom. The molecule has 0 aliphatic carbocycles. The van der Waals surface area contributed by atoms with Crippen LogP contribution in [0, 0.1) is 18.8 Å². The molecule has 186 valence electrons. The number of aryl methyl sites for hydroxylation is 1. The van der Waals surface area contributed by atoms with Gasteiger partial charge in [0.25, 0.3) is 11.8 Å². The van der Waals surface area contributed by atoms with E-state index in [0.29, 0.717) is 23.4 Å². The van der Waals surface area contributed by atoms with Gasteiger partial charge in [-0.3, -0.25) is 24.1 Å². The van der Waals surface area contributed by atoms with Gasteiger partial charge in [0.05, 0.1) is 6.04 Å². The molecule has 36 heavy (non-hydrogen) atoms. The topological polar surface area (TPSA) is 74.8 Å². The summed E-state index contributed by atoms with van der Waals surface area (Å²) in [4.78, 5) is 57.3. The number of rotatable bonds is 7. The van der Waals surface area contributed by atoms with Crippen molar-refractivity contribution in [2.45, 2.75) is 33.7 Å². The number of carbonyl (C=O) groups is 4. The molecule has 1 aromatic heterocycles. The molecule has 0 radical (unpaired) electrons. The van der Waals surface area contributed by atoms with Crippen molar-refractivity contribution in [3.8, 4) is 11.1 Å². The van der Waals surface area contributed by atoms with Gasteiger partial charge in [-0.25, -0.2) is 0 Å². The molecule has 1 aliphatic heterocycles. The molecule has 0 N–H and O–H groups in total. The van der Waals surface area contributed by atoms with Crippen LogP contribution in [0.3, 0.4) is 0 Å². The fourth-order valence-corrected chi connectivity index (χ4v) is 5.33. The highest BCUT2D eigenvalue weighted by molar-refractivity contribution is 7.10. The van der Waals surface area contributed by atoms with E-state index >= 15 is 0 Å². The summed E-state index contributed by atoms with van der Waals surface area (Å²) in [6, 6.07) is 15.5. The molecule has 0 spiro atoms. The van der Waals surface area contributed by atoms with Crippen molar-refractivity contribution < 1.29 is 19.2 Å². The van der Waals surface area contributed by atoms with Crippen molar-refractivity contribution >= 4 is 40.4 Å². The van der Waals surface area contributed by atoms with E-state index in [1.54, 1.807) is 73.5 Å². The molecule has 2 heterocycles. The molecule has 7 heteroatoms. The van der Waals surface area contributed by atoms with E-state index in [4.69, 9.17) is 0 Å². The molecule has 2 aromatic carbocycles. The number of hydrogen-bond acceptors (Lipinski definition) is 5. The van der Waals surface area contributed by atoms with Crippen molar-refractivity contribution in [3.05, 3.63) is 76.0 Å². The molecule has 4 rings (SSSR count). The van der Waals surface area contributed by atoms with Crippen LogP contribution in [0.4, 0.5) is 5.69 Å². The summed E-state index contributed by atoms with van der Waals surface area (Å²) in [6.45, 7) is 7.86. The van der Waals surface area contributed by atoms with Gasteiger partial charge in [-0.1, -0.05) is 44.2 Å². The van der Waals surface area contributed by atoms with Crippen molar-refractivity contribution in [2.75, 3.05) is 18.5 Å². The van der Waals surface area contributed by atoms with E-state index < -0.39 is 29.6 Å². The Kier molecular flexibility index (Phi) is 7.22. The minimum absolute atomic E-state index is 0.223. The van der Waals surface area contributed by atoms with Gasteiger partial charge >= 0.3 is 0 Å². The zero-order valence-electron chi connectivity index (χ0n) is 21.1. The molecule has 1 saturated heterocycles. The highest BCUT2D eigenvalue weighted by Gasteiger charge is 2.53. The number of Topliss-reactive ketones (excluding diaryl/α,β-unsaturated/α-hetero) is 2. The number of thiophene rings is 1. The van der Waals surface area contributed by atoms with Gasteiger partial charge in [0.1, 0.15) is 11.7 Å². The van der Waals surface area contributed by atoms with E-state index in [0.717, 1.165) is 11.1 Å². The van der Waals surface area contributed by atoms with Gasteiger partial charge in [0.2, 0.25) is 5.78 Å². The van der Waals surface area contributed by atoms with Gasteiger partial charge < -0.3 is 4.90 Å². The number of anilines is 1. The normalized spacial score (nSPS) is 17.7. The first-order chi connectivity index (χ1) is 17.1. The second-order valence-corrected chi connectivity index (χ2v) is 10.5. The molecule has 0 saturated carbocycles. The summed E-state index contributed by atoms with van der Waals surface area (Å²) in [5.41, 5.74) is 3.47. The van der Waals surface area contributed by atoms with E-state index in [1.807, 2.05) is 26.0 Å². The Morgan fingerprint density at radius 1 is 1.03 bits per heavy atom. The van der Waals surface area contributed by atoms with E-state index in [-0.39, 0.29) is 11.7 Å². The van der Waals surface area contributed by atoms with Crippen LogP contribution in [0.5, 0.6) is 0 Å². The quantitative estimate of drug-likeness (QED) is 0.324. The van der Waals surface area contributed by atoms with Crippen molar-refractivity contribution in [1.82, 2.24) is 4.90 Å². The molecule has 2 amide bonds. The van der Waals surface area contributed by atoms with Crippen LogP contribution in [-0.2, 0) is 14.4 Å². The molecule has 2 unspecified atom stereocenters. The van der Waals surface area contributed by atoms with E-state index in [2.05, 4.69) is 11.4 Å². The van der Waals surface area contributed by atoms with Crippen molar-refractivity contribution in [2.24, 2.45) is 11.8 Å². The third-order valence-electron chi connectivity index (χ3n) is 6.72. The van der Waals surface area contributed by atoms with Crippen LogP contribution in [-0.4, -0.2) is 41.9 Å². The summed E-state index contributed by atoms with van der Waals surface area (Å²) in [5.74, 6) is -3.63. The lowest BCUT2D eigenvalue weighted by Crippen LogP contribution is -2.34. The van der Waals surface area contributed by atoms with Gasteiger partial charge in [0.15, 0.2) is 0 Å². The molecule has 1 fully saturated rings. The summed E-state index contributed by atoms with van der Waals surface area (Å²) in [5, 5.41) is 2.07. The Hall–Kier alpha value is -3.58. The first-order valence-corrected chi connectivity index (χ1v) is 12.9. The third kappa shape index (κ3) is 4.51. The minimum atomic E-state index is -1.18. The van der Waals surface area contributed by atoms with Crippen molar-refractivity contribution in [1.29, 1.82) is 0 Å².